The van der Waals surface area contributed by atoms with E-state index in [1.54, 1.807) is 17.0 Å². The SMILES string of the molecule is CCNc1ccc(Cl)cc1C(=O)N(CC)CC. The third-order valence-electron chi connectivity index (χ3n) is 2.63. The van der Waals surface area contributed by atoms with Gasteiger partial charge in [-0.2, -0.15) is 0 Å². The Hall–Kier alpha value is -1.22. The molecule has 0 aromatic heterocycles. The molecule has 0 saturated heterocycles. The molecule has 0 aliphatic rings. The van der Waals surface area contributed by atoms with E-state index in [9.17, 15) is 4.79 Å². The lowest BCUT2D eigenvalue weighted by atomic mass is 10.1. The molecule has 94 valence electrons. The van der Waals surface area contributed by atoms with Crippen molar-refractivity contribution in [3.8, 4) is 0 Å². The summed E-state index contributed by atoms with van der Waals surface area (Å²) in [5.74, 6) is 0.0217. The lowest BCUT2D eigenvalue weighted by molar-refractivity contribution is 0.0774. The van der Waals surface area contributed by atoms with Crippen LogP contribution < -0.4 is 5.32 Å². The quantitative estimate of drug-likeness (QED) is 0.875. The highest BCUT2D eigenvalue weighted by molar-refractivity contribution is 6.31. The molecule has 0 fully saturated rings. The smallest absolute Gasteiger partial charge is 0.255 e. The van der Waals surface area contributed by atoms with Gasteiger partial charge in [-0.25, -0.2) is 0 Å². The third-order valence-corrected chi connectivity index (χ3v) is 2.87. The van der Waals surface area contributed by atoms with Crippen molar-refractivity contribution in [1.82, 2.24) is 4.90 Å². The first-order valence-corrected chi connectivity index (χ1v) is 6.34. The van der Waals surface area contributed by atoms with Crippen LogP contribution in [0.15, 0.2) is 18.2 Å². The van der Waals surface area contributed by atoms with E-state index in [-0.39, 0.29) is 5.91 Å². The average molecular weight is 255 g/mol. The van der Waals surface area contributed by atoms with E-state index in [0.717, 1.165) is 12.2 Å². The summed E-state index contributed by atoms with van der Waals surface area (Å²) in [6.45, 7) is 8.12. The Labute approximate surface area is 108 Å². The van der Waals surface area contributed by atoms with E-state index in [0.29, 0.717) is 23.7 Å². The van der Waals surface area contributed by atoms with Crippen molar-refractivity contribution in [3.63, 3.8) is 0 Å². The van der Waals surface area contributed by atoms with Gasteiger partial charge in [0.1, 0.15) is 0 Å². The number of anilines is 1. The van der Waals surface area contributed by atoms with Crippen molar-refractivity contribution in [2.45, 2.75) is 20.8 Å². The molecule has 1 N–H and O–H groups in total. The average Bonchev–Trinajstić information content (AvgIpc) is 2.33. The molecule has 0 atom stereocenters. The monoisotopic (exact) mass is 254 g/mol. The van der Waals surface area contributed by atoms with Gasteiger partial charge >= 0.3 is 0 Å². The van der Waals surface area contributed by atoms with Crippen LogP contribution in [0.4, 0.5) is 5.69 Å². The Kier molecular flexibility index (Phi) is 5.29. The number of nitrogens with zero attached hydrogens (tertiary/aromatic N) is 1. The molecule has 0 bridgehead atoms. The Morgan fingerprint density at radius 3 is 2.47 bits per heavy atom. The lowest BCUT2D eigenvalue weighted by Gasteiger charge is -2.20. The minimum absolute atomic E-state index is 0.0217. The van der Waals surface area contributed by atoms with Gasteiger partial charge in [-0.3, -0.25) is 4.79 Å². The van der Waals surface area contributed by atoms with Gasteiger partial charge in [0.2, 0.25) is 0 Å². The molecule has 1 aromatic carbocycles. The lowest BCUT2D eigenvalue weighted by Crippen LogP contribution is -2.31. The van der Waals surface area contributed by atoms with Gasteiger partial charge in [0.25, 0.3) is 5.91 Å². The molecule has 0 saturated carbocycles. The highest BCUT2D eigenvalue weighted by Gasteiger charge is 2.16. The van der Waals surface area contributed by atoms with Crippen molar-refractivity contribution in [1.29, 1.82) is 0 Å². The van der Waals surface area contributed by atoms with Crippen molar-refractivity contribution in [3.05, 3.63) is 28.8 Å². The third kappa shape index (κ3) is 3.37. The van der Waals surface area contributed by atoms with Gasteiger partial charge in [0, 0.05) is 30.3 Å². The van der Waals surface area contributed by atoms with Crippen LogP contribution >= 0.6 is 11.6 Å². The fraction of sp³-hybridized carbons (Fsp3) is 0.462. The number of rotatable bonds is 5. The van der Waals surface area contributed by atoms with E-state index >= 15 is 0 Å². The molecule has 0 unspecified atom stereocenters. The first-order valence-electron chi connectivity index (χ1n) is 5.96. The van der Waals surface area contributed by atoms with Crippen LogP contribution in [0.25, 0.3) is 0 Å². The zero-order chi connectivity index (χ0) is 12.8. The van der Waals surface area contributed by atoms with Crippen LogP contribution in [-0.4, -0.2) is 30.4 Å². The number of nitrogens with one attached hydrogen (secondary N) is 1. The molecule has 0 heterocycles. The number of hydrogen-bond acceptors (Lipinski definition) is 2. The molecule has 1 rings (SSSR count). The van der Waals surface area contributed by atoms with Crippen LogP contribution in [0, 0.1) is 0 Å². The highest BCUT2D eigenvalue weighted by Crippen LogP contribution is 2.22. The molecule has 3 nitrogen and oxygen atoms in total. The minimum atomic E-state index is 0.0217. The first kappa shape index (κ1) is 13.8. The molecule has 0 spiro atoms. The summed E-state index contributed by atoms with van der Waals surface area (Å²) in [6.07, 6.45) is 0. The van der Waals surface area contributed by atoms with Gasteiger partial charge in [0.15, 0.2) is 0 Å². The zero-order valence-corrected chi connectivity index (χ0v) is 11.3. The van der Waals surface area contributed by atoms with Crippen LogP contribution in [0.3, 0.4) is 0 Å². The molecule has 0 aliphatic heterocycles. The maximum absolute atomic E-state index is 12.3. The normalized spacial score (nSPS) is 10.1. The van der Waals surface area contributed by atoms with Gasteiger partial charge in [-0.05, 0) is 39.0 Å². The fourth-order valence-electron chi connectivity index (χ4n) is 1.72. The van der Waals surface area contributed by atoms with Crippen molar-refractivity contribution < 1.29 is 4.79 Å². The Morgan fingerprint density at radius 2 is 1.94 bits per heavy atom. The fourth-order valence-corrected chi connectivity index (χ4v) is 1.89. The zero-order valence-electron chi connectivity index (χ0n) is 10.6. The molecule has 1 aromatic rings. The number of amides is 1. The second-order valence-corrected chi connectivity index (χ2v) is 4.13. The number of benzene rings is 1. The summed E-state index contributed by atoms with van der Waals surface area (Å²) in [7, 11) is 0. The molecular formula is C13H19ClN2O. The number of carbonyl (C=O) groups excluding carboxylic acids is 1. The van der Waals surface area contributed by atoms with Crippen LogP contribution in [0.2, 0.25) is 5.02 Å². The molecular weight excluding hydrogens is 236 g/mol. The number of halogens is 1. The van der Waals surface area contributed by atoms with Gasteiger partial charge in [0.05, 0.1) is 5.56 Å². The predicted molar refractivity (Wildman–Crippen MR) is 72.9 cm³/mol. The van der Waals surface area contributed by atoms with E-state index in [1.165, 1.54) is 0 Å². The number of carbonyl (C=O) groups is 1. The summed E-state index contributed by atoms with van der Waals surface area (Å²) < 4.78 is 0. The Morgan fingerprint density at radius 1 is 1.29 bits per heavy atom. The maximum Gasteiger partial charge on any atom is 0.255 e. The number of hydrogen-bond donors (Lipinski definition) is 1. The van der Waals surface area contributed by atoms with Crippen molar-refractivity contribution in [2.75, 3.05) is 25.0 Å². The summed E-state index contributed by atoms with van der Waals surface area (Å²) in [5, 5.41) is 3.77. The van der Waals surface area contributed by atoms with Crippen LogP contribution in [0.1, 0.15) is 31.1 Å². The molecule has 17 heavy (non-hydrogen) atoms. The molecule has 1 amide bonds. The van der Waals surface area contributed by atoms with E-state index in [2.05, 4.69) is 5.32 Å². The first-order chi connectivity index (χ1) is 8.13. The van der Waals surface area contributed by atoms with Gasteiger partial charge < -0.3 is 10.2 Å². The largest absolute Gasteiger partial charge is 0.385 e. The molecule has 4 heteroatoms. The van der Waals surface area contributed by atoms with Crippen molar-refractivity contribution in [2.24, 2.45) is 0 Å². The standard InChI is InChI=1S/C13H19ClN2O/c1-4-15-12-8-7-10(14)9-11(12)13(17)16(5-2)6-3/h7-9,15H,4-6H2,1-3H3. The summed E-state index contributed by atoms with van der Waals surface area (Å²) in [4.78, 5) is 14.1. The van der Waals surface area contributed by atoms with Gasteiger partial charge in [-0.15, -0.1) is 0 Å². The second-order valence-electron chi connectivity index (χ2n) is 3.70. The summed E-state index contributed by atoms with van der Waals surface area (Å²) in [6, 6.07) is 5.36. The van der Waals surface area contributed by atoms with Crippen LogP contribution in [0.5, 0.6) is 0 Å². The summed E-state index contributed by atoms with van der Waals surface area (Å²) >= 11 is 5.95. The summed E-state index contributed by atoms with van der Waals surface area (Å²) in [5.41, 5.74) is 1.48. The Bertz CT molecular complexity index is 389. The van der Waals surface area contributed by atoms with E-state index < -0.39 is 0 Å². The Balaban J connectivity index is 3.09. The molecule has 0 aliphatic carbocycles. The van der Waals surface area contributed by atoms with E-state index in [1.807, 2.05) is 26.8 Å². The van der Waals surface area contributed by atoms with Crippen molar-refractivity contribution >= 4 is 23.2 Å². The predicted octanol–water partition coefficient (Wildman–Crippen LogP) is 3.25. The van der Waals surface area contributed by atoms with Gasteiger partial charge in [-0.1, -0.05) is 11.6 Å². The minimum Gasteiger partial charge on any atom is -0.385 e. The maximum atomic E-state index is 12.3. The van der Waals surface area contributed by atoms with E-state index in [4.69, 9.17) is 11.6 Å². The highest BCUT2D eigenvalue weighted by atomic mass is 35.5. The second kappa shape index (κ2) is 6.50. The van der Waals surface area contributed by atoms with Crippen LogP contribution in [-0.2, 0) is 0 Å². The topological polar surface area (TPSA) is 32.3 Å². The molecule has 0 radical (unpaired) electrons.